The topological polar surface area (TPSA) is 67.9 Å². The molecule has 1 N–H and O–H groups in total. The second-order valence-electron chi connectivity index (χ2n) is 6.68. The lowest BCUT2D eigenvalue weighted by Crippen LogP contribution is -2.30. The van der Waals surface area contributed by atoms with Gasteiger partial charge in [-0.2, -0.15) is 0 Å². The summed E-state index contributed by atoms with van der Waals surface area (Å²) in [5.74, 6) is 0.247. The number of carbonyl (C=O) groups is 2. The van der Waals surface area contributed by atoms with E-state index in [9.17, 15) is 14.0 Å². The first-order chi connectivity index (χ1) is 13.5. The molecule has 0 radical (unpaired) electrons. The molecule has 148 valence electrons. The first-order valence-corrected chi connectivity index (χ1v) is 9.05. The van der Waals surface area contributed by atoms with Crippen LogP contribution in [-0.2, 0) is 16.0 Å². The number of amides is 2. The number of hydrogen-bond acceptors (Lipinski definition) is 4. The Kier molecular flexibility index (Phi) is 6.13. The molecule has 0 saturated carbocycles. The molecule has 2 aromatic carbocycles. The van der Waals surface area contributed by atoms with E-state index in [-0.39, 0.29) is 24.1 Å². The lowest BCUT2D eigenvalue weighted by atomic mass is 10.1. The molecule has 2 aromatic rings. The summed E-state index contributed by atoms with van der Waals surface area (Å²) in [5.41, 5.74) is 1.53. The Balaban J connectivity index is 1.55. The molecule has 0 aliphatic carbocycles. The molecule has 1 atom stereocenters. The molecule has 1 heterocycles. The van der Waals surface area contributed by atoms with Crippen LogP contribution in [0.4, 0.5) is 10.1 Å². The molecule has 0 bridgehead atoms. The number of hydrogen-bond donors (Lipinski definition) is 1. The average Bonchev–Trinajstić information content (AvgIpc) is 3.08. The third kappa shape index (κ3) is 4.60. The van der Waals surface area contributed by atoms with Gasteiger partial charge in [0.1, 0.15) is 5.82 Å². The van der Waals surface area contributed by atoms with Crippen LogP contribution >= 0.6 is 0 Å². The van der Waals surface area contributed by atoms with E-state index in [1.807, 2.05) is 18.2 Å². The summed E-state index contributed by atoms with van der Waals surface area (Å²) >= 11 is 0. The Hall–Kier alpha value is -3.09. The summed E-state index contributed by atoms with van der Waals surface area (Å²) < 4.78 is 23.5. The minimum atomic E-state index is -0.414. The van der Waals surface area contributed by atoms with Crippen molar-refractivity contribution in [1.82, 2.24) is 4.90 Å². The monoisotopic (exact) mass is 386 g/mol. The van der Waals surface area contributed by atoms with Gasteiger partial charge in [-0.15, -0.1) is 0 Å². The zero-order valence-electron chi connectivity index (χ0n) is 15.9. The van der Waals surface area contributed by atoms with Crippen LogP contribution in [0.3, 0.4) is 0 Å². The van der Waals surface area contributed by atoms with Crippen molar-refractivity contribution in [3.05, 3.63) is 53.8 Å². The number of anilines is 1. The van der Waals surface area contributed by atoms with Gasteiger partial charge in [-0.05, 0) is 48.4 Å². The predicted molar refractivity (Wildman–Crippen MR) is 103 cm³/mol. The average molecular weight is 386 g/mol. The zero-order valence-corrected chi connectivity index (χ0v) is 15.9. The summed E-state index contributed by atoms with van der Waals surface area (Å²) in [7, 11) is 3.16. The maximum absolute atomic E-state index is 13.0. The van der Waals surface area contributed by atoms with Crippen LogP contribution < -0.4 is 14.8 Å². The van der Waals surface area contributed by atoms with Crippen molar-refractivity contribution in [3.63, 3.8) is 0 Å². The molecule has 7 heteroatoms. The SMILES string of the molecule is COc1ccc(CCN2CC(C(=O)Nc3ccc(F)cc3)CC2=O)cc1OC. The number of nitrogens with one attached hydrogen (secondary N) is 1. The van der Waals surface area contributed by atoms with Crippen LogP contribution in [0, 0.1) is 11.7 Å². The third-order valence-electron chi connectivity index (χ3n) is 4.82. The van der Waals surface area contributed by atoms with Gasteiger partial charge in [0.25, 0.3) is 0 Å². The number of rotatable bonds is 7. The van der Waals surface area contributed by atoms with Crippen LogP contribution in [0.25, 0.3) is 0 Å². The second kappa shape index (κ2) is 8.73. The lowest BCUT2D eigenvalue weighted by molar-refractivity contribution is -0.128. The highest BCUT2D eigenvalue weighted by molar-refractivity contribution is 5.97. The van der Waals surface area contributed by atoms with Crippen molar-refractivity contribution >= 4 is 17.5 Å². The molecular weight excluding hydrogens is 363 g/mol. The normalized spacial score (nSPS) is 16.2. The molecule has 3 rings (SSSR count). The van der Waals surface area contributed by atoms with Gasteiger partial charge < -0.3 is 19.7 Å². The summed E-state index contributed by atoms with van der Waals surface area (Å²) in [6, 6.07) is 11.2. The van der Waals surface area contributed by atoms with E-state index in [0.717, 1.165) is 5.56 Å². The fourth-order valence-corrected chi connectivity index (χ4v) is 3.24. The van der Waals surface area contributed by atoms with Gasteiger partial charge in [0.05, 0.1) is 20.1 Å². The quantitative estimate of drug-likeness (QED) is 0.795. The van der Waals surface area contributed by atoms with E-state index in [4.69, 9.17) is 9.47 Å². The molecule has 1 aliphatic rings. The smallest absolute Gasteiger partial charge is 0.229 e. The van der Waals surface area contributed by atoms with E-state index < -0.39 is 5.92 Å². The molecule has 1 saturated heterocycles. The largest absolute Gasteiger partial charge is 0.493 e. The summed E-state index contributed by atoms with van der Waals surface area (Å²) in [4.78, 5) is 26.4. The van der Waals surface area contributed by atoms with Gasteiger partial charge >= 0.3 is 0 Å². The Morgan fingerprint density at radius 1 is 1.14 bits per heavy atom. The molecule has 28 heavy (non-hydrogen) atoms. The first-order valence-electron chi connectivity index (χ1n) is 9.05. The van der Waals surface area contributed by atoms with Crippen LogP contribution in [0.5, 0.6) is 11.5 Å². The van der Waals surface area contributed by atoms with Gasteiger partial charge in [0.2, 0.25) is 11.8 Å². The number of likely N-dealkylation sites (tertiary alicyclic amines) is 1. The van der Waals surface area contributed by atoms with Crippen molar-refractivity contribution < 1.29 is 23.5 Å². The number of halogens is 1. The second-order valence-corrected chi connectivity index (χ2v) is 6.68. The molecule has 0 spiro atoms. The van der Waals surface area contributed by atoms with Crippen LogP contribution in [-0.4, -0.2) is 44.0 Å². The predicted octanol–water partition coefficient (Wildman–Crippen LogP) is 2.87. The minimum absolute atomic E-state index is 0.0419. The maximum Gasteiger partial charge on any atom is 0.229 e. The number of ether oxygens (including phenoxy) is 2. The van der Waals surface area contributed by atoms with Crippen molar-refractivity contribution in [2.24, 2.45) is 5.92 Å². The number of nitrogens with zero attached hydrogens (tertiary/aromatic N) is 1. The van der Waals surface area contributed by atoms with E-state index in [2.05, 4.69) is 5.32 Å². The van der Waals surface area contributed by atoms with E-state index in [1.165, 1.54) is 24.3 Å². The molecule has 0 aromatic heterocycles. The van der Waals surface area contributed by atoms with E-state index in [1.54, 1.807) is 19.1 Å². The van der Waals surface area contributed by atoms with Gasteiger partial charge in [0, 0.05) is 25.2 Å². The van der Waals surface area contributed by atoms with Crippen LogP contribution in [0.15, 0.2) is 42.5 Å². The highest BCUT2D eigenvalue weighted by Crippen LogP contribution is 2.28. The minimum Gasteiger partial charge on any atom is -0.493 e. The van der Waals surface area contributed by atoms with E-state index >= 15 is 0 Å². The molecule has 1 fully saturated rings. The number of methoxy groups -OCH3 is 2. The van der Waals surface area contributed by atoms with E-state index in [0.29, 0.717) is 36.7 Å². The standard InChI is InChI=1S/C21H23FN2O4/c1-27-18-8-3-14(11-19(18)28-2)9-10-24-13-15(12-20(24)25)21(26)23-17-6-4-16(22)5-7-17/h3-8,11,15H,9-10,12-13H2,1-2H3,(H,23,26). The third-order valence-corrected chi connectivity index (χ3v) is 4.82. The highest BCUT2D eigenvalue weighted by atomic mass is 19.1. The van der Waals surface area contributed by atoms with Crippen molar-refractivity contribution in [3.8, 4) is 11.5 Å². The molecule has 1 unspecified atom stereocenters. The zero-order chi connectivity index (χ0) is 20.1. The van der Waals surface area contributed by atoms with Gasteiger partial charge in [0.15, 0.2) is 11.5 Å². The Morgan fingerprint density at radius 3 is 2.54 bits per heavy atom. The van der Waals surface area contributed by atoms with Gasteiger partial charge in [-0.25, -0.2) is 4.39 Å². The number of carbonyl (C=O) groups excluding carboxylic acids is 2. The summed E-state index contributed by atoms with van der Waals surface area (Å²) in [6.45, 7) is 0.897. The van der Waals surface area contributed by atoms with Crippen molar-refractivity contribution in [1.29, 1.82) is 0 Å². The van der Waals surface area contributed by atoms with Gasteiger partial charge in [-0.3, -0.25) is 9.59 Å². The maximum atomic E-state index is 13.0. The van der Waals surface area contributed by atoms with Crippen LogP contribution in [0.1, 0.15) is 12.0 Å². The lowest BCUT2D eigenvalue weighted by Gasteiger charge is -2.17. The molecule has 6 nitrogen and oxygen atoms in total. The van der Waals surface area contributed by atoms with Gasteiger partial charge in [-0.1, -0.05) is 6.07 Å². The summed E-state index contributed by atoms with van der Waals surface area (Å²) in [5, 5.41) is 2.74. The number of benzene rings is 2. The Morgan fingerprint density at radius 2 is 1.86 bits per heavy atom. The highest BCUT2D eigenvalue weighted by Gasteiger charge is 2.34. The van der Waals surface area contributed by atoms with Crippen LogP contribution in [0.2, 0.25) is 0 Å². The molecular formula is C21H23FN2O4. The fraction of sp³-hybridized carbons (Fsp3) is 0.333. The Labute approximate surface area is 163 Å². The van der Waals surface area contributed by atoms with Crippen molar-refractivity contribution in [2.45, 2.75) is 12.8 Å². The molecule has 1 aliphatic heterocycles. The fourth-order valence-electron chi connectivity index (χ4n) is 3.24. The van der Waals surface area contributed by atoms with Crippen molar-refractivity contribution in [2.75, 3.05) is 32.6 Å². The molecule has 2 amide bonds. The Bertz CT molecular complexity index is 854. The first kappa shape index (κ1) is 19.7. The summed E-state index contributed by atoms with van der Waals surface area (Å²) in [6.07, 6.45) is 0.831.